The molecule has 0 aliphatic heterocycles. The first-order valence-corrected chi connectivity index (χ1v) is 6.28. The van der Waals surface area contributed by atoms with Crippen LogP contribution in [0.2, 0.25) is 0 Å². The summed E-state index contributed by atoms with van der Waals surface area (Å²) in [6, 6.07) is 4.93. The molecule has 0 bridgehead atoms. The number of alkyl halides is 3. The fourth-order valence-corrected chi connectivity index (χ4v) is 2.25. The van der Waals surface area contributed by atoms with Crippen LogP contribution in [0.4, 0.5) is 19.1 Å². The molecule has 1 amide bonds. The molecule has 1 aliphatic carbocycles. The Hall–Kier alpha value is -2.38. The smallest absolute Gasteiger partial charge is 0.295 e. The summed E-state index contributed by atoms with van der Waals surface area (Å²) < 4.78 is 37.4. The van der Waals surface area contributed by atoms with Crippen molar-refractivity contribution in [2.24, 2.45) is 5.92 Å². The number of aromatic nitrogens is 3. The summed E-state index contributed by atoms with van der Waals surface area (Å²) in [5.74, 6) is -0.239. The first kappa shape index (κ1) is 13.6. The van der Waals surface area contributed by atoms with Crippen LogP contribution in [0, 0.1) is 5.92 Å². The summed E-state index contributed by atoms with van der Waals surface area (Å²) >= 11 is 0. The Labute approximate surface area is 117 Å². The molecule has 2 aromatic rings. The first-order chi connectivity index (χ1) is 9.95. The van der Waals surface area contributed by atoms with Gasteiger partial charge in [0.25, 0.3) is 0 Å². The van der Waals surface area contributed by atoms with Crippen LogP contribution in [0.1, 0.15) is 23.5 Å². The Morgan fingerprint density at radius 3 is 2.57 bits per heavy atom. The van der Waals surface area contributed by atoms with Crippen LogP contribution in [-0.4, -0.2) is 21.1 Å². The summed E-state index contributed by atoms with van der Waals surface area (Å²) in [5, 5.41) is 8.69. The van der Waals surface area contributed by atoms with Crippen molar-refractivity contribution in [2.45, 2.75) is 18.5 Å². The maximum Gasteiger partial charge on any atom is 0.416 e. The van der Waals surface area contributed by atoms with E-state index in [0.29, 0.717) is 6.42 Å². The highest BCUT2D eigenvalue weighted by Crippen LogP contribution is 2.48. The molecular weight excluding hydrogens is 285 g/mol. The Morgan fingerprint density at radius 1 is 1.29 bits per heavy atom. The van der Waals surface area contributed by atoms with E-state index in [1.807, 2.05) is 0 Å². The maximum atomic E-state index is 12.5. The van der Waals surface area contributed by atoms with Crippen molar-refractivity contribution in [3.63, 3.8) is 0 Å². The molecule has 2 atom stereocenters. The van der Waals surface area contributed by atoms with Crippen molar-refractivity contribution < 1.29 is 18.0 Å². The molecular formula is C13H11F3N4O. The number of carbonyl (C=O) groups excluding carboxylic acids is 1. The molecule has 110 valence electrons. The minimum absolute atomic E-state index is 0.0461. The molecule has 1 aromatic heterocycles. The average molecular weight is 296 g/mol. The topological polar surface area (TPSA) is 70.7 Å². The predicted octanol–water partition coefficient (Wildman–Crippen LogP) is 2.57. The molecule has 1 saturated carbocycles. The van der Waals surface area contributed by atoms with E-state index in [1.165, 1.54) is 18.5 Å². The third-order valence-electron chi connectivity index (χ3n) is 3.45. The largest absolute Gasteiger partial charge is 0.416 e. The van der Waals surface area contributed by atoms with Crippen molar-refractivity contribution in [3.05, 3.63) is 41.7 Å². The molecule has 1 heterocycles. The number of benzene rings is 1. The monoisotopic (exact) mass is 296 g/mol. The van der Waals surface area contributed by atoms with Crippen LogP contribution >= 0.6 is 0 Å². The number of amides is 1. The Kier molecular flexibility index (Phi) is 3.15. The van der Waals surface area contributed by atoms with Crippen molar-refractivity contribution in [1.29, 1.82) is 0 Å². The van der Waals surface area contributed by atoms with Gasteiger partial charge >= 0.3 is 6.18 Å². The van der Waals surface area contributed by atoms with Gasteiger partial charge in [-0.05, 0) is 30.0 Å². The van der Waals surface area contributed by atoms with E-state index in [0.717, 1.165) is 17.7 Å². The number of halogens is 3. The van der Waals surface area contributed by atoms with Crippen molar-refractivity contribution in [1.82, 2.24) is 15.2 Å². The van der Waals surface area contributed by atoms with E-state index in [1.54, 1.807) is 0 Å². The standard InChI is InChI=1S/C13H11F3N4O/c14-13(15,16)8-3-1-7(2-4-8)9-5-10(9)11(21)19-12-17-6-18-20-12/h1-4,6,9-10H,5H2,(H2,17,18,19,20,21). The summed E-state index contributed by atoms with van der Waals surface area (Å²) in [6.07, 6.45) is -2.45. The van der Waals surface area contributed by atoms with Crippen molar-refractivity contribution >= 4 is 11.9 Å². The molecule has 21 heavy (non-hydrogen) atoms. The number of aromatic amines is 1. The highest BCUT2D eigenvalue weighted by atomic mass is 19.4. The highest BCUT2D eigenvalue weighted by Gasteiger charge is 2.44. The van der Waals surface area contributed by atoms with Gasteiger partial charge in [0.1, 0.15) is 6.33 Å². The Morgan fingerprint density at radius 2 is 2.00 bits per heavy atom. The lowest BCUT2D eigenvalue weighted by molar-refractivity contribution is -0.137. The number of anilines is 1. The normalized spacial score (nSPS) is 21.1. The molecule has 2 N–H and O–H groups in total. The lowest BCUT2D eigenvalue weighted by atomic mass is 10.1. The second-order valence-corrected chi connectivity index (χ2v) is 4.89. The number of H-pyrrole nitrogens is 1. The number of rotatable bonds is 3. The minimum Gasteiger partial charge on any atom is -0.295 e. The SMILES string of the molecule is O=C(Nc1ncn[nH]1)C1CC1c1ccc(C(F)(F)F)cc1. The van der Waals surface area contributed by atoms with Crippen LogP contribution in [0.5, 0.6) is 0 Å². The molecule has 5 nitrogen and oxygen atoms in total. The van der Waals surface area contributed by atoms with Crippen LogP contribution in [0.3, 0.4) is 0 Å². The van der Waals surface area contributed by atoms with Crippen LogP contribution in [0.25, 0.3) is 0 Å². The summed E-state index contributed by atoms with van der Waals surface area (Å²) in [4.78, 5) is 15.7. The zero-order valence-corrected chi connectivity index (χ0v) is 10.7. The zero-order valence-electron chi connectivity index (χ0n) is 10.7. The van der Waals surface area contributed by atoms with E-state index in [2.05, 4.69) is 20.5 Å². The van der Waals surface area contributed by atoms with Gasteiger partial charge in [0.15, 0.2) is 0 Å². The van der Waals surface area contributed by atoms with Crippen molar-refractivity contribution in [3.8, 4) is 0 Å². The fraction of sp³-hybridized carbons (Fsp3) is 0.308. The zero-order chi connectivity index (χ0) is 15.0. The van der Waals surface area contributed by atoms with Crippen LogP contribution < -0.4 is 5.32 Å². The lowest BCUT2D eigenvalue weighted by Crippen LogP contribution is -2.15. The molecule has 8 heteroatoms. The molecule has 1 aliphatic rings. The fourth-order valence-electron chi connectivity index (χ4n) is 2.25. The summed E-state index contributed by atoms with van der Waals surface area (Å²) in [7, 11) is 0. The van der Waals surface area contributed by atoms with Crippen molar-refractivity contribution in [2.75, 3.05) is 5.32 Å². The number of hydrogen-bond donors (Lipinski definition) is 2. The van der Waals surface area contributed by atoms with E-state index >= 15 is 0 Å². The number of nitrogens with one attached hydrogen (secondary N) is 2. The van der Waals surface area contributed by atoms with Gasteiger partial charge in [-0.25, -0.2) is 5.10 Å². The molecule has 3 rings (SSSR count). The van der Waals surface area contributed by atoms with Gasteiger partial charge in [-0.15, -0.1) is 0 Å². The number of hydrogen-bond acceptors (Lipinski definition) is 3. The van der Waals surface area contributed by atoms with E-state index in [9.17, 15) is 18.0 Å². The molecule has 2 unspecified atom stereocenters. The third-order valence-corrected chi connectivity index (χ3v) is 3.45. The lowest BCUT2D eigenvalue weighted by Gasteiger charge is -2.07. The molecule has 1 aromatic carbocycles. The minimum atomic E-state index is -4.34. The van der Waals surface area contributed by atoms with Gasteiger partial charge in [0.2, 0.25) is 11.9 Å². The molecule has 0 radical (unpaired) electrons. The number of nitrogens with zero attached hydrogens (tertiary/aromatic N) is 2. The summed E-state index contributed by atoms with van der Waals surface area (Å²) in [5.41, 5.74) is 0.0512. The van der Waals surface area contributed by atoms with E-state index < -0.39 is 11.7 Å². The molecule has 0 saturated heterocycles. The Bertz CT molecular complexity index is 636. The second kappa shape index (κ2) is 4.87. The van der Waals surface area contributed by atoms with E-state index in [-0.39, 0.29) is 23.7 Å². The van der Waals surface area contributed by atoms with E-state index in [4.69, 9.17) is 0 Å². The van der Waals surface area contributed by atoms with Gasteiger partial charge in [-0.1, -0.05) is 12.1 Å². The number of carbonyl (C=O) groups is 1. The predicted molar refractivity (Wildman–Crippen MR) is 67.3 cm³/mol. The molecule has 1 fully saturated rings. The quantitative estimate of drug-likeness (QED) is 0.914. The van der Waals surface area contributed by atoms with Gasteiger partial charge in [0.05, 0.1) is 5.56 Å². The van der Waals surface area contributed by atoms with Gasteiger partial charge in [0, 0.05) is 5.92 Å². The first-order valence-electron chi connectivity index (χ1n) is 6.28. The van der Waals surface area contributed by atoms with Gasteiger partial charge in [-0.2, -0.15) is 23.3 Å². The third kappa shape index (κ3) is 2.88. The van der Waals surface area contributed by atoms with Gasteiger partial charge in [-0.3, -0.25) is 10.1 Å². The summed E-state index contributed by atoms with van der Waals surface area (Å²) in [6.45, 7) is 0. The van der Waals surface area contributed by atoms with Crippen LogP contribution in [0.15, 0.2) is 30.6 Å². The van der Waals surface area contributed by atoms with Crippen LogP contribution in [-0.2, 0) is 11.0 Å². The maximum absolute atomic E-state index is 12.5. The highest BCUT2D eigenvalue weighted by molar-refractivity contribution is 5.93. The Balaban J connectivity index is 1.63. The van der Waals surface area contributed by atoms with Gasteiger partial charge < -0.3 is 0 Å². The second-order valence-electron chi connectivity index (χ2n) is 4.89. The molecule has 0 spiro atoms. The average Bonchev–Trinajstić information content (AvgIpc) is 3.09.